The first-order chi connectivity index (χ1) is 15.8. The van der Waals surface area contributed by atoms with E-state index in [2.05, 4.69) is 29.7 Å². The van der Waals surface area contributed by atoms with Crippen molar-refractivity contribution in [1.82, 2.24) is 10.3 Å². The number of nitrogens with zero attached hydrogens (tertiary/aromatic N) is 1. The molecule has 1 aliphatic heterocycles. The van der Waals surface area contributed by atoms with Crippen LogP contribution in [-0.4, -0.2) is 53.2 Å². The zero-order valence-corrected chi connectivity index (χ0v) is 19.4. The van der Waals surface area contributed by atoms with Crippen molar-refractivity contribution in [1.29, 1.82) is 0 Å². The zero-order chi connectivity index (χ0) is 23.8. The number of aryl methyl sites for hydroxylation is 2. The molecule has 2 atom stereocenters. The van der Waals surface area contributed by atoms with Crippen LogP contribution in [0, 0.1) is 11.7 Å². The maximum Gasteiger partial charge on any atom is 0.256 e. The summed E-state index contributed by atoms with van der Waals surface area (Å²) >= 11 is 5.90. The number of hydrogen-bond acceptors (Lipinski definition) is 6. The Balaban J connectivity index is 1.40. The summed E-state index contributed by atoms with van der Waals surface area (Å²) in [5.74, 6) is -0.313. The predicted octanol–water partition coefficient (Wildman–Crippen LogP) is 3.32. The second-order valence-electron chi connectivity index (χ2n) is 8.44. The first kappa shape index (κ1) is 25.4. The zero-order valence-electron chi connectivity index (χ0n) is 18.7. The molecule has 0 saturated carbocycles. The number of pyridine rings is 1. The number of aliphatic hydroxyl groups excluding tert-OH is 1. The number of benzene rings is 1. The molecule has 0 saturated heterocycles. The van der Waals surface area contributed by atoms with Gasteiger partial charge in [-0.05, 0) is 61.8 Å². The summed E-state index contributed by atoms with van der Waals surface area (Å²) in [6, 6.07) is 7.11. The average Bonchev–Trinajstić information content (AvgIpc) is 2.79. The molecule has 3 rings (SSSR count). The molecule has 0 spiro atoms. The van der Waals surface area contributed by atoms with Gasteiger partial charge in [-0.25, -0.2) is 9.37 Å². The molecule has 0 radical (unpaired) electrons. The summed E-state index contributed by atoms with van der Waals surface area (Å²) in [4.78, 5) is 17.0. The summed E-state index contributed by atoms with van der Waals surface area (Å²) in [6.45, 7) is 3.74. The number of aromatic nitrogens is 1. The number of carbonyl (C=O) groups excluding carboxylic acids is 1. The Morgan fingerprint density at radius 3 is 2.88 bits per heavy atom. The lowest BCUT2D eigenvalue weighted by molar-refractivity contribution is -0.0718. The number of nitrogens with one attached hydrogen (secondary N) is 2. The van der Waals surface area contributed by atoms with Gasteiger partial charge in [0.2, 0.25) is 0 Å². The lowest BCUT2D eigenvalue weighted by atomic mass is 10.0. The van der Waals surface area contributed by atoms with E-state index in [0.717, 1.165) is 49.8 Å². The third kappa shape index (κ3) is 7.37. The van der Waals surface area contributed by atoms with Crippen LogP contribution in [0.5, 0.6) is 0 Å². The smallest absolute Gasteiger partial charge is 0.256 e. The van der Waals surface area contributed by atoms with Crippen LogP contribution >= 0.6 is 11.6 Å². The van der Waals surface area contributed by atoms with Gasteiger partial charge >= 0.3 is 0 Å². The topological polar surface area (TPSA) is 104 Å². The minimum atomic E-state index is -1.82. The Hall–Kier alpha value is -2.26. The molecule has 1 aromatic carbocycles. The molecule has 1 aromatic heterocycles. The van der Waals surface area contributed by atoms with Crippen molar-refractivity contribution in [3.05, 3.63) is 58.0 Å². The summed E-state index contributed by atoms with van der Waals surface area (Å²) in [5.41, 5.74) is 1.99. The van der Waals surface area contributed by atoms with E-state index in [1.807, 2.05) is 0 Å². The molecule has 2 aromatic rings. The molecule has 33 heavy (non-hydrogen) atoms. The van der Waals surface area contributed by atoms with Gasteiger partial charge in [-0.3, -0.25) is 4.79 Å². The van der Waals surface area contributed by atoms with Crippen LogP contribution < -0.4 is 10.6 Å². The van der Waals surface area contributed by atoms with Gasteiger partial charge in [0.05, 0.1) is 16.6 Å². The highest BCUT2D eigenvalue weighted by Gasteiger charge is 2.23. The van der Waals surface area contributed by atoms with Gasteiger partial charge in [0.15, 0.2) is 6.29 Å². The Morgan fingerprint density at radius 2 is 2.12 bits per heavy atom. The van der Waals surface area contributed by atoms with Crippen molar-refractivity contribution >= 4 is 23.3 Å². The predicted molar refractivity (Wildman–Crippen MR) is 125 cm³/mol. The van der Waals surface area contributed by atoms with Crippen LogP contribution in [0.2, 0.25) is 5.02 Å². The van der Waals surface area contributed by atoms with E-state index in [1.54, 1.807) is 0 Å². The molecule has 9 heteroatoms. The van der Waals surface area contributed by atoms with Crippen LogP contribution in [0.3, 0.4) is 0 Å². The van der Waals surface area contributed by atoms with Gasteiger partial charge in [-0.1, -0.05) is 30.7 Å². The fraction of sp³-hybridized carbons (Fsp3) is 0.500. The van der Waals surface area contributed by atoms with Gasteiger partial charge in [0.1, 0.15) is 11.6 Å². The second-order valence-corrected chi connectivity index (χ2v) is 8.85. The van der Waals surface area contributed by atoms with Gasteiger partial charge < -0.3 is 25.6 Å². The van der Waals surface area contributed by atoms with Crippen molar-refractivity contribution in [2.24, 2.45) is 5.92 Å². The largest absolute Gasteiger partial charge is 0.381 e. The first-order valence-electron chi connectivity index (χ1n) is 11.3. The Labute approximate surface area is 198 Å². The molecule has 180 valence electrons. The van der Waals surface area contributed by atoms with E-state index in [-0.39, 0.29) is 29.5 Å². The molecule has 1 amide bonds. The maximum absolute atomic E-state index is 13.9. The van der Waals surface area contributed by atoms with E-state index < -0.39 is 24.1 Å². The summed E-state index contributed by atoms with van der Waals surface area (Å²) < 4.78 is 19.6. The SMILES string of the molecule is C[C@H](CCc1ccc2c(n1)NCCC2)COCC[C@H](NC(=O)c1c(F)cccc1Cl)C(O)O. The summed E-state index contributed by atoms with van der Waals surface area (Å²) in [5, 5.41) is 24.9. The second kappa shape index (κ2) is 12.3. The molecule has 1 aliphatic rings. The number of rotatable bonds is 11. The van der Waals surface area contributed by atoms with Crippen molar-refractivity contribution < 1.29 is 24.1 Å². The summed E-state index contributed by atoms with van der Waals surface area (Å²) in [6.07, 6.45) is 2.29. The third-order valence-electron chi connectivity index (χ3n) is 5.69. The van der Waals surface area contributed by atoms with E-state index in [0.29, 0.717) is 6.61 Å². The van der Waals surface area contributed by atoms with Gasteiger partial charge in [-0.2, -0.15) is 0 Å². The quantitative estimate of drug-likeness (QED) is 0.291. The van der Waals surface area contributed by atoms with E-state index in [9.17, 15) is 19.4 Å². The van der Waals surface area contributed by atoms with Crippen LogP contribution in [-0.2, 0) is 17.6 Å². The molecule has 2 heterocycles. The molecule has 0 bridgehead atoms. The van der Waals surface area contributed by atoms with Crippen LogP contribution in [0.4, 0.5) is 10.2 Å². The lowest BCUT2D eigenvalue weighted by Gasteiger charge is -2.21. The number of amides is 1. The van der Waals surface area contributed by atoms with Crippen LogP contribution in [0.1, 0.15) is 47.8 Å². The molecular formula is C24H31ClFN3O4. The van der Waals surface area contributed by atoms with E-state index >= 15 is 0 Å². The monoisotopic (exact) mass is 479 g/mol. The van der Waals surface area contributed by atoms with E-state index in [1.165, 1.54) is 17.7 Å². The number of halogens is 2. The standard InChI is InChI=1S/C24H31ClFN3O4/c1-15(7-9-17-10-8-16-4-3-12-27-22(16)28-17)14-33-13-11-20(24(31)32)29-23(30)21-18(25)5-2-6-19(21)26/h2,5-6,8,10,15,20,24,31-32H,3-4,7,9,11-14H2,1H3,(H,27,28)(H,29,30)/t15-,20+/m1/s1. The van der Waals surface area contributed by atoms with Crippen molar-refractivity contribution in [3.63, 3.8) is 0 Å². The molecular weight excluding hydrogens is 449 g/mol. The highest BCUT2D eigenvalue weighted by molar-refractivity contribution is 6.33. The minimum absolute atomic E-state index is 0.0482. The molecule has 4 N–H and O–H groups in total. The fourth-order valence-electron chi connectivity index (χ4n) is 3.73. The number of aliphatic hydroxyl groups is 2. The number of hydrogen-bond donors (Lipinski definition) is 4. The first-order valence-corrected chi connectivity index (χ1v) is 11.6. The van der Waals surface area contributed by atoms with E-state index in [4.69, 9.17) is 21.3 Å². The number of ether oxygens (including phenoxy) is 1. The van der Waals surface area contributed by atoms with Gasteiger partial charge in [0.25, 0.3) is 5.91 Å². The maximum atomic E-state index is 13.9. The van der Waals surface area contributed by atoms with Crippen molar-refractivity contribution in [2.45, 2.75) is 51.4 Å². The van der Waals surface area contributed by atoms with Gasteiger partial charge in [0, 0.05) is 25.5 Å². The summed E-state index contributed by atoms with van der Waals surface area (Å²) in [7, 11) is 0. The highest BCUT2D eigenvalue weighted by atomic mass is 35.5. The number of fused-ring (bicyclic) bond motifs is 1. The normalized spacial score (nSPS) is 15.0. The fourth-order valence-corrected chi connectivity index (χ4v) is 3.98. The Bertz CT molecular complexity index is 924. The van der Waals surface area contributed by atoms with Crippen molar-refractivity contribution in [3.8, 4) is 0 Å². The minimum Gasteiger partial charge on any atom is -0.381 e. The number of anilines is 1. The number of carbonyl (C=O) groups is 1. The molecule has 0 fully saturated rings. The Morgan fingerprint density at radius 1 is 1.30 bits per heavy atom. The average molecular weight is 480 g/mol. The molecule has 7 nitrogen and oxygen atoms in total. The Kier molecular flexibility index (Phi) is 9.43. The van der Waals surface area contributed by atoms with Crippen LogP contribution in [0.25, 0.3) is 0 Å². The highest BCUT2D eigenvalue weighted by Crippen LogP contribution is 2.21. The van der Waals surface area contributed by atoms with Gasteiger partial charge in [-0.15, -0.1) is 0 Å². The van der Waals surface area contributed by atoms with Crippen LogP contribution in [0.15, 0.2) is 30.3 Å². The molecule has 0 aliphatic carbocycles. The molecule has 0 unspecified atom stereocenters. The lowest BCUT2D eigenvalue weighted by Crippen LogP contribution is -2.44. The van der Waals surface area contributed by atoms with Crippen molar-refractivity contribution in [2.75, 3.05) is 25.1 Å². The third-order valence-corrected chi connectivity index (χ3v) is 6.00.